The molecule has 2 saturated carbocycles. The van der Waals surface area contributed by atoms with Gasteiger partial charge in [0.1, 0.15) is 11.4 Å². The third kappa shape index (κ3) is 5.37. The molecule has 1 atom stereocenters. The Labute approximate surface area is 179 Å². The molecule has 0 saturated heterocycles. The van der Waals surface area contributed by atoms with Crippen LogP contribution in [0.3, 0.4) is 0 Å². The Morgan fingerprint density at radius 1 is 1.10 bits per heavy atom. The number of aliphatic imine (C=N–C) groups is 1. The monoisotopic (exact) mass is 432 g/mol. The number of rotatable bonds is 7. The van der Waals surface area contributed by atoms with Crippen LogP contribution in [0, 0.1) is 11.8 Å². The molecule has 2 aliphatic carbocycles. The smallest absolute Gasteiger partial charge is 0.352 e. The molecular formula is C22H27F3N6. The molecule has 2 aromatic rings. The van der Waals surface area contributed by atoms with E-state index in [1.54, 1.807) is 0 Å². The molecule has 0 bridgehead atoms. The summed E-state index contributed by atoms with van der Waals surface area (Å²) in [6, 6.07) is 3.85. The number of nitrogens with one attached hydrogen (secondary N) is 1. The largest absolute Gasteiger partial charge is 0.433 e. The lowest BCUT2D eigenvalue weighted by molar-refractivity contribution is -0.141. The Morgan fingerprint density at radius 2 is 1.84 bits per heavy atom. The molecule has 1 N–H and O–H groups in total. The van der Waals surface area contributed by atoms with E-state index >= 15 is 0 Å². The summed E-state index contributed by atoms with van der Waals surface area (Å²) in [5, 5.41) is 3.29. The summed E-state index contributed by atoms with van der Waals surface area (Å²) in [7, 11) is 0. The first-order valence-corrected chi connectivity index (χ1v) is 10.9. The molecule has 9 heteroatoms. The molecule has 2 aliphatic rings. The van der Waals surface area contributed by atoms with Gasteiger partial charge < -0.3 is 5.32 Å². The van der Waals surface area contributed by atoms with Gasteiger partial charge >= 0.3 is 6.18 Å². The lowest BCUT2D eigenvalue weighted by Gasteiger charge is -2.28. The first-order chi connectivity index (χ1) is 14.8. The van der Waals surface area contributed by atoms with Crippen molar-refractivity contribution >= 4 is 17.6 Å². The number of alkyl halides is 3. The van der Waals surface area contributed by atoms with Crippen LogP contribution in [0.2, 0.25) is 0 Å². The van der Waals surface area contributed by atoms with Gasteiger partial charge in [0.15, 0.2) is 5.82 Å². The number of aromatic nitrogens is 4. The van der Waals surface area contributed by atoms with Crippen molar-refractivity contribution in [3.63, 3.8) is 0 Å². The maximum atomic E-state index is 13.1. The van der Waals surface area contributed by atoms with Gasteiger partial charge in [-0.3, -0.25) is 0 Å². The number of hydrogen-bond acceptors (Lipinski definition) is 6. The van der Waals surface area contributed by atoms with Gasteiger partial charge in [0, 0.05) is 11.8 Å². The zero-order valence-corrected chi connectivity index (χ0v) is 17.8. The van der Waals surface area contributed by atoms with Gasteiger partial charge in [-0.2, -0.15) is 28.1 Å². The van der Waals surface area contributed by atoms with Crippen LogP contribution >= 0.6 is 0 Å². The lowest BCUT2D eigenvalue weighted by Crippen LogP contribution is -2.24. The molecule has 2 fully saturated rings. The van der Waals surface area contributed by atoms with Crippen molar-refractivity contribution < 1.29 is 13.2 Å². The van der Waals surface area contributed by atoms with Crippen molar-refractivity contribution in [2.45, 2.75) is 71.0 Å². The highest BCUT2D eigenvalue weighted by Crippen LogP contribution is 2.32. The van der Waals surface area contributed by atoms with Gasteiger partial charge in [-0.15, -0.1) is 0 Å². The quantitative estimate of drug-likeness (QED) is 0.557. The first kappa shape index (κ1) is 21.6. The molecule has 0 unspecified atom stereocenters. The Balaban J connectivity index is 1.65. The Bertz CT molecular complexity index is 951. The van der Waals surface area contributed by atoms with E-state index in [0.717, 1.165) is 31.0 Å². The van der Waals surface area contributed by atoms with Crippen molar-refractivity contribution in [2.75, 3.05) is 5.32 Å². The zero-order chi connectivity index (χ0) is 22.0. The van der Waals surface area contributed by atoms with Crippen molar-refractivity contribution in [3.8, 4) is 11.5 Å². The molecule has 2 heterocycles. The molecule has 0 aromatic carbocycles. The second kappa shape index (κ2) is 8.88. The third-order valence-electron chi connectivity index (χ3n) is 6.15. The SMILES string of the molecule is C/C(=N\c1nc(N[C@H](C)CC2CCC2)nc(-c2cccc(C(F)(F)F)n2)n1)C1CCC1. The molecule has 0 amide bonds. The molecule has 4 rings (SSSR count). The highest BCUT2D eigenvalue weighted by molar-refractivity contribution is 5.86. The Kier molecular flexibility index (Phi) is 6.20. The topological polar surface area (TPSA) is 76.0 Å². The van der Waals surface area contributed by atoms with E-state index in [9.17, 15) is 13.2 Å². The maximum Gasteiger partial charge on any atom is 0.433 e. The van der Waals surface area contributed by atoms with Gasteiger partial charge in [0.25, 0.3) is 5.95 Å². The first-order valence-electron chi connectivity index (χ1n) is 10.9. The summed E-state index contributed by atoms with van der Waals surface area (Å²) in [6.07, 6.45) is 3.56. The summed E-state index contributed by atoms with van der Waals surface area (Å²) in [4.78, 5) is 21.4. The average molecular weight is 432 g/mol. The van der Waals surface area contributed by atoms with Gasteiger partial charge in [-0.05, 0) is 57.1 Å². The fourth-order valence-electron chi connectivity index (χ4n) is 3.89. The molecule has 2 aromatic heterocycles. The van der Waals surface area contributed by atoms with E-state index in [-0.39, 0.29) is 23.5 Å². The predicted octanol–water partition coefficient (Wildman–Crippen LogP) is 5.84. The van der Waals surface area contributed by atoms with Crippen LogP contribution in [0.15, 0.2) is 23.2 Å². The van der Waals surface area contributed by atoms with Crippen molar-refractivity contribution in [2.24, 2.45) is 16.8 Å². The van der Waals surface area contributed by atoms with E-state index in [0.29, 0.717) is 17.8 Å². The van der Waals surface area contributed by atoms with E-state index in [1.807, 2.05) is 6.92 Å². The molecular weight excluding hydrogens is 405 g/mol. The van der Waals surface area contributed by atoms with Gasteiger partial charge in [-0.25, -0.2) is 9.98 Å². The van der Waals surface area contributed by atoms with Gasteiger partial charge in [0.05, 0.1) is 0 Å². The molecule has 31 heavy (non-hydrogen) atoms. The summed E-state index contributed by atoms with van der Waals surface area (Å²) < 4.78 is 39.4. The summed E-state index contributed by atoms with van der Waals surface area (Å²) >= 11 is 0. The summed E-state index contributed by atoms with van der Waals surface area (Å²) in [5.74, 6) is 1.72. The Hall–Kier alpha value is -2.58. The minimum absolute atomic E-state index is 0.0460. The maximum absolute atomic E-state index is 13.1. The number of pyridine rings is 1. The lowest BCUT2D eigenvalue weighted by atomic mass is 9.81. The van der Waals surface area contributed by atoms with E-state index < -0.39 is 11.9 Å². The number of hydrogen-bond donors (Lipinski definition) is 1. The Morgan fingerprint density at radius 3 is 2.45 bits per heavy atom. The molecule has 0 aliphatic heterocycles. The highest BCUT2D eigenvalue weighted by Gasteiger charge is 2.33. The molecule has 0 radical (unpaired) electrons. The third-order valence-corrected chi connectivity index (χ3v) is 6.15. The second-order valence-corrected chi connectivity index (χ2v) is 8.65. The summed E-state index contributed by atoms with van der Waals surface area (Å²) in [6.45, 7) is 4.01. The van der Waals surface area contributed by atoms with Crippen molar-refractivity contribution in [1.29, 1.82) is 0 Å². The fraction of sp³-hybridized carbons (Fsp3) is 0.591. The minimum atomic E-state index is -4.54. The van der Waals surface area contributed by atoms with Crippen LogP contribution in [0.4, 0.5) is 25.1 Å². The normalized spacial score (nSPS) is 18.9. The standard InChI is InChI=1S/C22H27F3N6/c1-13(12-15-6-3-7-15)26-20-29-19(17-10-5-11-18(28-17)22(23,24)25)30-21(31-20)27-14(2)16-8-4-9-16/h5,10-11,13,15-16H,3-4,6-9,12H2,1-2H3,(H,26,29,30,31)/b27-14+/t13-/m1/s1. The van der Waals surface area contributed by atoms with Crippen molar-refractivity contribution in [1.82, 2.24) is 19.9 Å². The van der Waals surface area contributed by atoms with Crippen LogP contribution in [0.1, 0.15) is 64.5 Å². The fourth-order valence-corrected chi connectivity index (χ4v) is 3.89. The zero-order valence-electron chi connectivity index (χ0n) is 17.8. The van der Waals surface area contributed by atoms with Gasteiger partial charge in [0.2, 0.25) is 5.95 Å². The van der Waals surface area contributed by atoms with E-state index in [2.05, 4.69) is 37.2 Å². The second-order valence-electron chi connectivity index (χ2n) is 8.65. The van der Waals surface area contributed by atoms with E-state index in [4.69, 9.17) is 0 Å². The number of anilines is 1. The molecule has 6 nitrogen and oxygen atoms in total. The van der Waals surface area contributed by atoms with Crippen LogP contribution in [-0.4, -0.2) is 31.7 Å². The molecule has 166 valence electrons. The number of nitrogens with zero attached hydrogens (tertiary/aromatic N) is 5. The van der Waals surface area contributed by atoms with Gasteiger partial charge in [-0.1, -0.05) is 31.7 Å². The number of halogens is 3. The van der Waals surface area contributed by atoms with Crippen LogP contribution < -0.4 is 5.32 Å². The van der Waals surface area contributed by atoms with Crippen LogP contribution in [0.5, 0.6) is 0 Å². The summed E-state index contributed by atoms with van der Waals surface area (Å²) in [5.41, 5.74) is 0.00695. The highest BCUT2D eigenvalue weighted by atomic mass is 19.4. The predicted molar refractivity (Wildman–Crippen MR) is 113 cm³/mol. The van der Waals surface area contributed by atoms with Crippen LogP contribution in [-0.2, 0) is 6.18 Å². The molecule has 0 spiro atoms. The minimum Gasteiger partial charge on any atom is -0.352 e. The van der Waals surface area contributed by atoms with Crippen LogP contribution in [0.25, 0.3) is 11.5 Å². The van der Waals surface area contributed by atoms with Crippen molar-refractivity contribution in [3.05, 3.63) is 23.9 Å². The average Bonchev–Trinajstić information content (AvgIpc) is 2.62. The van der Waals surface area contributed by atoms with E-state index in [1.165, 1.54) is 37.8 Å².